The van der Waals surface area contributed by atoms with Gasteiger partial charge in [-0.05, 0) is 45.6 Å². The highest BCUT2D eigenvalue weighted by atomic mass is 32.2. The average molecular weight is 335 g/mol. The highest BCUT2D eigenvalue weighted by molar-refractivity contribution is 8.15. The molecule has 3 rings (SSSR count). The van der Waals surface area contributed by atoms with Gasteiger partial charge in [-0.25, -0.2) is 4.98 Å². The van der Waals surface area contributed by atoms with Gasteiger partial charge in [0.15, 0.2) is 0 Å². The molecule has 2 heterocycles. The molecule has 0 N–H and O–H groups in total. The predicted molar refractivity (Wildman–Crippen MR) is 96.7 cm³/mol. The van der Waals surface area contributed by atoms with Crippen LogP contribution in [-0.4, -0.2) is 54.0 Å². The fourth-order valence-corrected chi connectivity index (χ4v) is 4.19. The second kappa shape index (κ2) is 6.98. The third-order valence-corrected chi connectivity index (χ3v) is 5.59. The molecule has 0 aliphatic carbocycles. The van der Waals surface area contributed by atoms with Gasteiger partial charge in [-0.2, -0.15) is 0 Å². The normalized spacial score (nSPS) is 16.3. The van der Waals surface area contributed by atoms with Crippen molar-refractivity contribution in [1.29, 1.82) is 0 Å². The molecule has 118 valence electrons. The van der Waals surface area contributed by atoms with Gasteiger partial charge in [0.25, 0.3) is 0 Å². The second-order valence-electron chi connectivity index (χ2n) is 5.70. The van der Waals surface area contributed by atoms with Crippen molar-refractivity contribution in [3.8, 4) is 5.75 Å². The summed E-state index contributed by atoms with van der Waals surface area (Å²) >= 11 is 3.50. The van der Waals surface area contributed by atoms with Crippen LogP contribution in [-0.2, 0) is 0 Å². The number of aromatic nitrogens is 1. The third kappa shape index (κ3) is 3.80. The first kappa shape index (κ1) is 15.8. The number of rotatable bonds is 6. The molecule has 0 saturated heterocycles. The molecule has 0 fully saturated rings. The van der Waals surface area contributed by atoms with Gasteiger partial charge in [-0.3, -0.25) is 4.99 Å². The van der Waals surface area contributed by atoms with Gasteiger partial charge in [0.2, 0.25) is 0 Å². The van der Waals surface area contributed by atoms with E-state index in [-0.39, 0.29) is 6.10 Å². The Kier molecular flexibility index (Phi) is 5.00. The highest BCUT2D eigenvalue weighted by Gasteiger charge is 2.15. The van der Waals surface area contributed by atoms with Crippen LogP contribution in [0.15, 0.2) is 23.2 Å². The Bertz CT molecular complexity index is 681. The van der Waals surface area contributed by atoms with E-state index in [0.717, 1.165) is 46.6 Å². The van der Waals surface area contributed by atoms with Gasteiger partial charge in [0.05, 0.1) is 16.3 Å². The van der Waals surface area contributed by atoms with Gasteiger partial charge in [-0.15, -0.1) is 23.1 Å². The number of fused-ring (bicyclic) bond motifs is 1. The minimum Gasteiger partial charge on any atom is -0.491 e. The van der Waals surface area contributed by atoms with E-state index in [1.165, 1.54) is 4.70 Å². The molecule has 0 amide bonds. The smallest absolute Gasteiger partial charge is 0.149 e. The van der Waals surface area contributed by atoms with Gasteiger partial charge in [0.1, 0.15) is 15.8 Å². The molecule has 1 aliphatic heterocycles. The molecule has 1 atom stereocenters. The number of thiazole rings is 1. The topological polar surface area (TPSA) is 37.7 Å². The van der Waals surface area contributed by atoms with Crippen molar-refractivity contribution in [2.75, 3.05) is 32.9 Å². The number of hydrogen-bond donors (Lipinski definition) is 0. The van der Waals surface area contributed by atoms with Crippen LogP contribution in [0.5, 0.6) is 5.75 Å². The molecule has 6 heteroatoms. The van der Waals surface area contributed by atoms with E-state index in [2.05, 4.69) is 42.0 Å². The summed E-state index contributed by atoms with van der Waals surface area (Å²) in [7, 11) is 4.17. The lowest BCUT2D eigenvalue weighted by atomic mass is 10.2. The SMILES string of the molecule is CC(CCN(C)C)Oc1ccc2nc(C3=NCCS3)sc2c1. The molecule has 1 aromatic heterocycles. The summed E-state index contributed by atoms with van der Waals surface area (Å²) in [5, 5.41) is 2.12. The number of nitrogens with zero attached hydrogens (tertiary/aromatic N) is 3. The Balaban J connectivity index is 1.72. The number of benzene rings is 1. The Morgan fingerprint density at radius 3 is 2.95 bits per heavy atom. The largest absolute Gasteiger partial charge is 0.491 e. The summed E-state index contributed by atoms with van der Waals surface area (Å²) in [4.78, 5) is 11.4. The molecule has 0 saturated carbocycles. The first-order valence-electron chi connectivity index (χ1n) is 7.51. The standard InChI is InChI=1S/C16H21N3OS2/c1-11(6-8-19(2)3)20-12-4-5-13-14(10-12)22-16(18-13)15-17-7-9-21-15/h4-5,10-11H,6-9H2,1-3H3. The van der Waals surface area contributed by atoms with Crippen LogP contribution in [0, 0.1) is 0 Å². The average Bonchev–Trinajstić information content (AvgIpc) is 3.13. The summed E-state index contributed by atoms with van der Waals surface area (Å²) in [5.41, 5.74) is 1.03. The lowest BCUT2D eigenvalue weighted by Gasteiger charge is -2.17. The minimum absolute atomic E-state index is 0.210. The van der Waals surface area contributed by atoms with E-state index in [1.807, 2.05) is 12.1 Å². The van der Waals surface area contributed by atoms with Crippen LogP contribution in [0.3, 0.4) is 0 Å². The van der Waals surface area contributed by atoms with Crippen LogP contribution in [0.4, 0.5) is 0 Å². The highest BCUT2D eigenvalue weighted by Crippen LogP contribution is 2.30. The quantitative estimate of drug-likeness (QED) is 0.810. The van der Waals surface area contributed by atoms with Crippen LogP contribution < -0.4 is 4.74 Å². The maximum absolute atomic E-state index is 6.02. The lowest BCUT2D eigenvalue weighted by molar-refractivity contribution is 0.195. The van der Waals surface area contributed by atoms with Crippen molar-refractivity contribution in [1.82, 2.24) is 9.88 Å². The van der Waals surface area contributed by atoms with E-state index in [0.29, 0.717) is 0 Å². The van der Waals surface area contributed by atoms with Gasteiger partial charge in [0, 0.05) is 18.8 Å². The summed E-state index contributed by atoms with van der Waals surface area (Å²) in [6, 6.07) is 6.16. The molecule has 22 heavy (non-hydrogen) atoms. The lowest BCUT2D eigenvalue weighted by Crippen LogP contribution is -2.21. The van der Waals surface area contributed by atoms with Gasteiger partial charge < -0.3 is 9.64 Å². The Hall–Kier alpha value is -1.11. The Morgan fingerprint density at radius 2 is 2.23 bits per heavy atom. The summed E-state index contributed by atoms with van der Waals surface area (Å²) < 4.78 is 7.19. The predicted octanol–water partition coefficient (Wildman–Crippen LogP) is 3.51. The molecular formula is C16H21N3OS2. The van der Waals surface area contributed by atoms with E-state index in [1.54, 1.807) is 23.1 Å². The molecular weight excluding hydrogens is 314 g/mol. The molecule has 1 aliphatic rings. The zero-order chi connectivity index (χ0) is 15.5. The van der Waals surface area contributed by atoms with Crippen LogP contribution in [0.2, 0.25) is 0 Å². The third-order valence-electron chi connectivity index (χ3n) is 3.45. The van der Waals surface area contributed by atoms with E-state index < -0.39 is 0 Å². The van der Waals surface area contributed by atoms with Crippen molar-refractivity contribution in [3.63, 3.8) is 0 Å². The fraction of sp³-hybridized carbons (Fsp3) is 0.500. The zero-order valence-corrected chi connectivity index (χ0v) is 14.8. The number of aliphatic imine (C=N–C) groups is 1. The van der Waals surface area contributed by atoms with E-state index in [4.69, 9.17) is 4.74 Å². The molecule has 4 nitrogen and oxygen atoms in total. The van der Waals surface area contributed by atoms with Crippen LogP contribution in [0.25, 0.3) is 10.2 Å². The summed E-state index contributed by atoms with van der Waals surface area (Å²) in [6.07, 6.45) is 1.23. The van der Waals surface area contributed by atoms with E-state index in [9.17, 15) is 0 Å². The molecule has 0 bridgehead atoms. The summed E-state index contributed by atoms with van der Waals surface area (Å²) in [6.45, 7) is 4.06. The number of hydrogen-bond acceptors (Lipinski definition) is 6. The van der Waals surface area contributed by atoms with Gasteiger partial charge >= 0.3 is 0 Å². The molecule has 1 aromatic carbocycles. The second-order valence-corrected chi connectivity index (χ2v) is 7.82. The van der Waals surface area contributed by atoms with Crippen molar-refractivity contribution in [3.05, 3.63) is 23.2 Å². The Morgan fingerprint density at radius 1 is 1.36 bits per heavy atom. The number of ether oxygens (including phenoxy) is 1. The van der Waals surface area contributed by atoms with Crippen molar-refractivity contribution >= 4 is 38.4 Å². The summed E-state index contributed by atoms with van der Waals surface area (Å²) in [5.74, 6) is 2.00. The van der Waals surface area contributed by atoms with Crippen molar-refractivity contribution in [2.24, 2.45) is 4.99 Å². The molecule has 0 spiro atoms. The monoisotopic (exact) mass is 335 g/mol. The Labute approximate surface area is 139 Å². The van der Waals surface area contributed by atoms with E-state index >= 15 is 0 Å². The number of thioether (sulfide) groups is 1. The van der Waals surface area contributed by atoms with Crippen LogP contribution in [0.1, 0.15) is 18.4 Å². The van der Waals surface area contributed by atoms with Gasteiger partial charge in [-0.1, -0.05) is 0 Å². The maximum atomic E-state index is 6.02. The molecule has 0 radical (unpaired) electrons. The van der Waals surface area contributed by atoms with Crippen molar-refractivity contribution in [2.45, 2.75) is 19.4 Å². The van der Waals surface area contributed by atoms with Crippen molar-refractivity contribution < 1.29 is 4.74 Å². The van der Waals surface area contributed by atoms with Crippen LogP contribution >= 0.6 is 23.1 Å². The molecule has 1 unspecified atom stereocenters. The zero-order valence-electron chi connectivity index (χ0n) is 13.2. The molecule has 2 aromatic rings. The maximum Gasteiger partial charge on any atom is 0.149 e. The first-order valence-corrected chi connectivity index (χ1v) is 9.31. The fourth-order valence-electron chi connectivity index (χ4n) is 2.27. The minimum atomic E-state index is 0.210. The first-order chi connectivity index (χ1) is 10.6.